The number of nitrogens with two attached hydrogens (primary N) is 1. The highest BCUT2D eigenvalue weighted by Gasteiger charge is 2.13. The van der Waals surface area contributed by atoms with Gasteiger partial charge in [0.2, 0.25) is 5.82 Å². The molecule has 0 bridgehead atoms. The van der Waals surface area contributed by atoms with E-state index in [2.05, 4.69) is 10.1 Å². The molecular formula is C14H8ClF2N3O. The number of aromatic nitrogens is 2. The van der Waals surface area contributed by atoms with Crippen LogP contribution in [0.3, 0.4) is 0 Å². The molecule has 0 aliphatic heterocycles. The molecule has 0 aliphatic rings. The normalized spacial score (nSPS) is 10.8. The highest BCUT2D eigenvalue weighted by atomic mass is 35.5. The maximum Gasteiger partial charge on any atom is 0.258 e. The van der Waals surface area contributed by atoms with Crippen molar-refractivity contribution in [3.8, 4) is 22.8 Å². The van der Waals surface area contributed by atoms with Crippen LogP contribution < -0.4 is 5.73 Å². The standard InChI is InChI=1S/C14H8ClF2N3O/c15-9-3-1-8(6-12(9)18)14-19-13(20-21-14)7-2-4-10(16)11(17)5-7/h1-6H,18H2. The second kappa shape index (κ2) is 5.14. The fourth-order valence-corrected chi connectivity index (χ4v) is 1.89. The SMILES string of the molecule is Nc1cc(-c2nc(-c3ccc(F)c(F)c3)no2)ccc1Cl. The van der Waals surface area contributed by atoms with Gasteiger partial charge in [0.15, 0.2) is 11.6 Å². The average Bonchev–Trinajstić information content (AvgIpc) is 2.94. The van der Waals surface area contributed by atoms with Gasteiger partial charge in [0.05, 0.1) is 10.7 Å². The molecule has 0 radical (unpaired) electrons. The van der Waals surface area contributed by atoms with Crippen LogP contribution in [-0.4, -0.2) is 10.1 Å². The minimum atomic E-state index is -0.977. The summed E-state index contributed by atoms with van der Waals surface area (Å²) in [5.74, 6) is -1.56. The van der Waals surface area contributed by atoms with E-state index in [1.807, 2.05) is 0 Å². The second-order valence-corrected chi connectivity index (χ2v) is 4.70. The molecular weight excluding hydrogens is 300 g/mol. The van der Waals surface area contributed by atoms with Crippen LogP contribution in [0.4, 0.5) is 14.5 Å². The maximum atomic E-state index is 13.2. The maximum absolute atomic E-state index is 13.2. The van der Waals surface area contributed by atoms with E-state index >= 15 is 0 Å². The Hall–Kier alpha value is -2.47. The van der Waals surface area contributed by atoms with Crippen molar-refractivity contribution in [3.63, 3.8) is 0 Å². The van der Waals surface area contributed by atoms with E-state index in [-0.39, 0.29) is 11.7 Å². The first-order chi connectivity index (χ1) is 10.0. The lowest BCUT2D eigenvalue weighted by Crippen LogP contribution is -1.88. The molecule has 7 heteroatoms. The molecule has 0 saturated heterocycles. The zero-order valence-corrected chi connectivity index (χ0v) is 11.2. The Morgan fingerprint density at radius 1 is 1.00 bits per heavy atom. The molecule has 0 aliphatic carbocycles. The first-order valence-electron chi connectivity index (χ1n) is 5.89. The molecule has 0 amide bonds. The number of nitrogen functional groups attached to an aromatic ring is 1. The Morgan fingerprint density at radius 3 is 2.48 bits per heavy atom. The summed E-state index contributed by atoms with van der Waals surface area (Å²) in [4.78, 5) is 4.13. The summed E-state index contributed by atoms with van der Waals surface area (Å²) < 4.78 is 31.2. The molecule has 2 N–H and O–H groups in total. The van der Waals surface area contributed by atoms with E-state index in [0.717, 1.165) is 12.1 Å². The zero-order valence-electron chi connectivity index (χ0n) is 10.5. The third-order valence-corrected chi connectivity index (χ3v) is 3.19. The van der Waals surface area contributed by atoms with Gasteiger partial charge in [0.25, 0.3) is 5.89 Å². The van der Waals surface area contributed by atoms with Crippen LogP contribution >= 0.6 is 11.6 Å². The van der Waals surface area contributed by atoms with E-state index in [0.29, 0.717) is 21.8 Å². The number of hydrogen-bond acceptors (Lipinski definition) is 4. The number of anilines is 1. The van der Waals surface area contributed by atoms with Gasteiger partial charge >= 0.3 is 0 Å². The largest absolute Gasteiger partial charge is 0.398 e. The summed E-state index contributed by atoms with van der Waals surface area (Å²) in [6, 6.07) is 8.23. The lowest BCUT2D eigenvalue weighted by atomic mass is 10.2. The van der Waals surface area contributed by atoms with Crippen LogP contribution in [-0.2, 0) is 0 Å². The van der Waals surface area contributed by atoms with E-state index in [4.69, 9.17) is 21.9 Å². The van der Waals surface area contributed by atoms with Crippen LogP contribution in [0.5, 0.6) is 0 Å². The average molecular weight is 308 g/mol. The molecule has 3 rings (SSSR count). The molecule has 3 aromatic rings. The molecule has 0 spiro atoms. The molecule has 106 valence electrons. The molecule has 4 nitrogen and oxygen atoms in total. The van der Waals surface area contributed by atoms with Gasteiger partial charge in [-0.2, -0.15) is 4.98 Å². The lowest BCUT2D eigenvalue weighted by Gasteiger charge is -1.99. The molecule has 21 heavy (non-hydrogen) atoms. The van der Waals surface area contributed by atoms with Crippen molar-refractivity contribution >= 4 is 17.3 Å². The minimum absolute atomic E-state index is 0.150. The van der Waals surface area contributed by atoms with Crippen molar-refractivity contribution < 1.29 is 13.3 Å². The van der Waals surface area contributed by atoms with Gasteiger partial charge in [-0.25, -0.2) is 8.78 Å². The summed E-state index contributed by atoms with van der Waals surface area (Å²) >= 11 is 5.83. The minimum Gasteiger partial charge on any atom is -0.398 e. The summed E-state index contributed by atoms with van der Waals surface area (Å²) in [5.41, 5.74) is 6.97. The van der Waals surface area contributed by atoms with Gasteiger partial charge in [-0.3, -0.25) is 0 Å². The third-order valence-electron chi connectivity index (χ3n) is 2.85. The predicted octanol–water partition coefficient (Wildman–Crippen LogP) is 3.92. The summed E-state index contributed by atoms with van der Waals surface area (Å²) in [5, 5.41) is 4.15. The van der Waals surface area contributed by atoms with Crippen molar-refractivity contribution in [2.24, 2.45) is 0 Å². The first kappa shape index (κ1) is 13.5. The van der Waals surface area contributed by atoms with Gasteiger partial charge in [-0.05, 0) is 36.4 Å². The van der Waals surface area contributed by atoms with E-state index in [1.54, 1.807) is 18.2 Å². The van der Waals surface area contributed by atoms with Crippen molar-refractivity contribution in [2.45, 2.75) is 0 Å². The zero-order chi connectivity index (χ0) is 15.0. The van der Waals surface area contributed by atoms with Crippen molar-refractivity contribution in [1.82, 2.24) is 10.1 Å². The summed E-state index contributed by atoms with van der Waals surface area (Å²) in [7, 11) is 0. The van der Waals surface area contributed by atoms with Crippen LogP contribution in [0.15, 0.2) is 40.9 Å². The Bertz CT molecular complexity index is 754. The number of halogens is 3. The molecule has 1 aromatic heterocycles. The summed E-state index contributed by atoms with van der Waals surface area (Å²) in [6.45, 7) is 0. The predicted molar refractivity (Wildman–Crippen MR) is 74.5 cm³/mol. The molecule has 0 saturated carbocycles. The van der Waals surface area contributed by atoms with Gasteiger partial charge in [0.1, 0.15) is 0 Å². The number of benzene rings is 2. The highest BCUT2D eigenvalue weighted by Crippen LogP contribution is 2.27. The molecule has 0 fully saturated rings. The Balaban J connectivity index is 1.99. The third kappa shape index (κ3) is 2.57. The van der Waals surface area contributed by atoms with E-state index in [1.165, 1.54) is 6.07 Å². The number of nitrogens with zero attached hydrogens (tertiary/aromatic N) is 2. The highest BCUT2D eigenvalue weighted by molar-refractivity contribution is 6.33. The van der Waals surface area contributed by atoms with Crippen LogP contribution in [0.1, 0.15) is 0 Å². The number of rotatable bonds is 2. The Labute approximate surface area is 123 Å². The topological polar surface area (TPSA) is 64.9 Å². The molecule has 0 atom stereocenters. The van der Waals surface area contributed by atoms with Crippen molar-refractivity contribution in [1.29, 1.82) is 0 Å². The first-order valence-corrected chi connectivity index (χ1v) is 6.27. The van der Waals surface area contributed by atoms with Crippen LogP contribution in [0.25, 0.3) is 22.8 Å². The number of hydrogen-bond donors (Lipinski definition) is 1. The van der Waals surface area contributed by atoms with E-state index < -0.39 is 11.6 Å². The quantitative estimate of drug-likeness (QED) is 0.729. The molecule has 2 aromatic carbocycles. The Morgan fingerprint density at radius 2 is 1.76 bits per heavy atom. The van der Waals surface area contributed by atoms with Gasteiger partial charge < -0.3 is 10.3 Å². The molecule has 0 unspecified atom stereocenters. The second-order valence-electron chi connectivity index (χ2n) is 4.29. The van der Waals surface area contributed by atoms with Gasteiger partial charge in [-0.15, -0.1) is 0 Å². The smallest absolute Gasteiger partial charge is 0.258 e. The summed E-state index contributed by atoms with van der Waals surface area (Å²) in [6.07, 6.45) is 0. The van der Waals surface area contributed by atoms with E-state index in [9.17, 15) is 8.78 Å². The molecule has 1 heterocycles. The lowest BCUT2D eigenvalue weighted by molar-refractivity contribution is 0.432. The van der Waals surface area contributed by atoms with Gasteiger partial charge in [-0.1, -0.05) is 16.8 Å². The van der Waals surface area contributed by atoms with Crippen LogP contribution in [0, 0.1) is 11.6 Å². The fourth-order valence-electron chi connectivity index (χ4n) is 1.77. The van der Waals surface area contributed by atoms with Gasteiger partial charge in [0, 0.05) is 11.1 Å². The fraction of sp³-hybridized carbons (Fsp3) is 0. The monoisotopic (exact) mass is 307 g/mol. The van der Waals surface area contributed by atoms with Crippen LogP contribution in [0.2, 0.25) is 5.02 Å². The Kier molecular flexibility index (Phi) is 3.31. The van der Waals surface area contributed by atoms with Crippen molar-refractivity contribution in [3.05, 3.63) is 53.1 Å². The van der Waals surface area contributed by atoms with Crippen molar-refractivity contribution in [2.75, 3.05) is 5.73 Å².